The van der Waals surface area contributed by atoms with Crippen LogP contribution in [0, 0.1) is 3.57 Å². The summed E-state index contributed by atoms with van der Waals surface area (Å²) in [7, 11) is 0. The molecule has 3 nitrogen and oxygen atoms in total. The van der Waals surface area contributed by atoms with Crippen molar-refractivity contribution >= 4 is 62.6 Å². The lowest BCUT2D eigenvalue weighted by molar-refractivity contribution is 0.619. The van der Waals surface area contributed by atoms with E-state index in [1.54, 1.807) is 12.1 Å². The van der Waals surface area contributed by atoms with Gasteiger partial charge in [-0.2, -0.15) is 0 Å². The van der Waals surface area contributed by atoms with Gasteiger partial charge in [-0.15, -0.1) is 0 Å². The van der Waals surface area contributed by atoms with E-state index in [2.05, 4.69) is 27.6 Å². The number of benzene rings is 2. The smallest absolute Gasteiger partial charge is 0.228 e. The Labute approximate surface area is 132 Å². The van der Waals surface area contributed by atoms with Crippen molar-refractivity contribution in [3.8, 4) is 11.5 Å². The average molecular weight is 405 g/mol. The fourth-order valence-electron chi connectivity index (χ4n) is 1.74. The molecule has 1 heterocycles. The van der Waals surface area contributed by atoms with Crippen molar-refractivity contribution < 1.29 is 4.42 Å². The lowest BCUT2D eigenvalue weighted by atomic mass is 10.2. The summed E-state index contributed by atoms with van der Waals surface area (Å²) in [4.78, 5) is 4.42. The first-order chi connectivity index (χ1) is 9.04. The SMILES string of the molecule is Nc1cc2oc(-c3cc(Cl)ccc3I)nc2cc1Cl. The average Bonchev–Trinajstić information content (AvgIpc) is 2.75. The highest BCUT2D eigenvalue weighted by Gasteiger charge is 2.13. The van der Waals surface area contributed by atoms with E-state index in [1.165, 1.54) is 0 Å². The normalized spacial score (nSPS) is 11.1. The summed E-state index contributed by atoms with van der Waals surface area (Å²) in [5, 5.41) is 1.10. The molecule has 3 aromatic rings. The van der Waals surface area contributed by atoms with Gasteiger partial charge in [-0.05, 0) is 46.9 Å². The number of nitrogen functional groups attached to an aromatic ring is 1. The van der Waals surface area contributed by atoms with Crippen molar-refractivity contribution in [2.75, 3.05) is 5.73 Å². The maximum Gasteiger partial charge on any atom is 0.228 e. The van der Waals surface area contributed by atoms with Crippen molar-refractivity contribution in [2.45, 2.75) is 0 Å². The summed E-state index contributed by atoms with van der Waals surface area (Å²) in [5.74, 6) is 0.503. The lowest BCUT2D eigenvalue weighted by Gasteiger charge is -1.99. The van der Waals surface area contributed by atoms with E-state index in [-0.39, 0.29) is 0 Å². The maximum absolute atomic E-state index is 6.00. The summed E-state index contributed by atoms with van der Waals surface area (Å²) in [6, 6.07) is 8.92. The largest absolute Gasteiger partial charge is 0.436 e. The molecule has 19 heavy (non-hydrogen) atoms. The number of oxazole rings is 1. The van der Waals surface area contributed by atoms with Crippen LogP contribution in [0.1, 0.15) is 0 Å². The molecule has 0 unspecified atom stereocenters. The number of nitrogens with zero attached hydrogens (tertiary/aromatic N) is 1. The number of halogens is 3. The van der Waals surface area contributed by atoms with Gasteiger partial charge in [-0.3, -0.25) is 0 Å². The Balaban J connectivity index is 2.23. The van der Waals surface area contributed by atoms with Gasteiger partial charge in [0, 0.05) is 14.7 Å². The molecule has 0 atom stereocenters. The highest BCUT2D eigenvalue weighted by molar-refractivity contribution is 14.1. The first kappa shape index (κ1) is 13.0. The lowest BCUT2D eigenvalue weighted by Crippen LogP contribution is -1.84. The molecule has 0 aliphatic carbocycles. The number of fused-ring (bicyclic) bond motifs is 1. The fourth-order valence-corrected chi connectivity index (χ4v) is 2.64. The Bertz CT molecular complexity index is 747. The molecule has 6 heteroatoms. The van der Waals surface area contributed by atoms with Crippen LogP contribution in [0.5, 0.6) is 0 Å². The Morgan fingerprint density at radius 3 is 2.74 bits per heavy atom. The molecule has 0 aliphatic heterocycles. The molecule has 0 spiro atoms. The van der Waals surface area contributed by atoms with Crippen LogP contribution in [-0.2, 0) is 0 Å². The number of aromatic nitrogens is 1. The van der Waals surface area contributed by atoms with Gasteiger partial charge in [0.05, 0.1) is 16.3 Å². The summed E-state index contributed by atoms with van der Waals surface area (Å²) in [6.45, 7) is 0. The monoisotopic (exact) mass is 404 g/mol. The molecule has 0 saturated carbocycles. The predicted molar refractivity (Wildman–Crippen MR) is 86.6 cm³/mol. The van der Waals surface area contributed by atoms with Crippen molar-refractivity contribution in [1.29, 1.82) is 0 Å². The number of hydrogen-bond donors (Lipinski definition) is 1. The summed E-state index contributed by atoms with van der Waals surface area (Å²) >= 11 is 14.2. The summed E-state index contributed by atoms with van der Waals surface area (Å²) < 4.78 is 6.72. The fraction of sp³-hybridized carbons (Fsp3) is 0. The van der Waals surface area contributed by atoms with Gasteiger partial charge < -0.3 is 10.2 Å². The first-order valence-electron chi connectivity index (χ1n) is 5.35. The van der Waals surface area contributed by atoms with Crippen LogP contribution in [0.15, 0.2) is 34.7 Å². The molecule has 0 aliphatic rings. The molecular formula is C13H7Cl2IN2O. The predicted octanol–water partition coefficient (Wildman–Crippen LogP) is 4.99. The molecule has 2 aromatic carbocycles. The molecule has 2 N–H and O–H groups in total. The quantitative estimate of drug-likeness (QED) is 0.459. The molecular weight excluding hydrogens is 398 g/mol. The highest BCUT2D eigenvalue weighted by Crippen LogP contribution is 2.32. The third-order valence-electron chi connectivity index (χ3n) is 2.67. The third-order valence-corrected chi connectivity index (χ3v) is 4.17. The Kier molecular flexibility index (Phi) is 3.32. The zero-order valence-electron chi connectivity index (χ0n) is 9.45. The van der Waals surface area contributed by atoms with Crippen LogP contribution in [-0.4, -0.2) is 4.98 Å². The summed E-state index contributed by atoms with van der Waals surface area (Å²) in [6.07, 6.45) is 0. The minimum Gasteiger partial charge on any atom is -0.436 e. The second-order valence-corrected chi connectivity index (χ2v) is 5.99. The summed E-state index contributed by atoms with van der Waals surface area (Å²) in [5.41, 5.74) is 8.34. The van der Waals surface area contributed by atoms with E-state index in [9.17, 15) is 0 Å². The van der Waals surface area contributed by atoms with Gasteiger partial charge in [-0.25, -0.2) is 4.98 Å². The topological polar surface area (TPSA) is 52.0 Å². The van der Waals surface area contributed by atoms with Crippen LogP contribution in [0.3, 0.4) is 0 Å². The van der Waals surface area contributed by atoms with E-state index in [1.807, 2.05) is 18.2 Å². The molecule has 0 bridgehead atoms. The molecule has 1 aromatic heterocycles. The minimum absolute atomic E-state index is 0.466. The molecule has 3 rings (SSSR count). The molecule has 0 amide bonds. The maximum atomic E-state index is 6.00. The van der Waals surface area contributed by atoms with Gasteiger partial charge in [-0.1, -0.05) is 23.2 Å². The highest BCUT2D eigenvalue weighted by atomic mass is 127. The van der Waals surface area contributed by atoms with Gasteiger partial charge in [0.25, 0.3) is 0 Å². The third kappa shape index (κ3) is 2.40. The molecule has 0 fully saturated rings. The Morgan fingerprint density at radius 2 is 1.95 bits per heavy atom. The van der Waals surface area contributed by atoms with Crippen LogP contribution < -0.4 is 5.73 Å². The van der Waals surface area contributed by atoms with E-state index < -0.39 is 0 Å². The molecule has 0 radical (unpaired) electrons. The van der Waals surface area contributed by atoms with Crippen molar-refractivity contribution in [2.24, 2.45) is 0 Å². The van der Waals surface area contributed by atoms with Gasteiger partial charge in [0.2, 0.25) is 5.89 Å². The van der Waals surface area contributed by atoms with Crippen LogP contribution in [0.25, 0.3) is 22.6 Å². The minimum atomic E-state index is 0.466. The van der Waals surface area contributed by atoms with E-state index >= 15 is 0 Å². The van der Waals surface area contributed by atoms with Crippen LogP contribution >= 0.6 is 45.8 Å². The van der Waals surface area contributed by atoms with Gasteiger partial charge in [0.1, 0.15) is 5.52 Å². The number of anilines is 1. The van der Waals surface area contributed by atoms with Crippen molar-refractivity contribution in [3.63, 3.8) is 0 Å². The second-order valence-electron chi connectivity index (χ2n) is 3.98. The standard InChI is InChI=1S/C13H7Cl2IN2O/c14-6-1-2-9(16)7(3-6)13-18-11-4-8(15)10(17)5-12(11)19-13/h1-5H,17H2. The Hall–Kier alpha value is -0.980. The zero-order chi connectivity index (χ0) is 13.6. The number of nitrogens with two attached hydrogens (primary N) is 1. The zero-order valence-corrected chi connectivity index (χ0v) is 13.1. The molecule has 0 saturated heterocycles. The molecule has 96 valence electrons. The van der Waals surface area contributed by atoms with Crippen LogP contribution in [0.4, 0.5) is 5.69 Å². The number of hydrogen-bond acceptors (Lipinski definition) is 3. The van der Waals surface area contributed by atoms with E-state index in [0.29, 0.717) is 32.7 Å². The van der Waals surface area contributed by atoms with Gasteiger partial charge in [0.15, 0.2) is 5.58 Å². The van der Waals surface area contributed by atoms with E-state index in [4.69, 9.17) is 33.4 Å². The van der Waals surface area contributed by atoms with E-state index in [0.717, 1.165) is 9.13 Å². The van der Waals surface area contributed by atoms with Crippen molar-refractivity contribution in [1.82, 2.24) is 4.98 Å². The second kappa shape index (κ2) is 4.85. The Morgan fingerprint density at radius 1 is 1.16 bits per heavy atom. The first-order valence-corrected chi connectivity index (χ1v) is 7.19. The van der Waals surface area contributed by atoms with Gasteiger partial charge >= 0.3 is 0 Å². The van der Waals surface area contributed by atoms with Crippen molar-refractivity contribution in [3.05, 3.63) is 43.9 Å². The van der Waals surface area contributed by atoms with Crippen LogP contribution in [0.2, 0.25) is 10.0 Å². The number of rotatable bonds is 1.